The molecule has 1 aliphatic heterocycles. The molecule has 1 fully saturated rings. The fourth-order valence-electron chi connectivity index (χ4n) is 3.23. The van der Waals surface area contributed by atoms with E-state index in [-0.39, 0.29) is 19.1 Å². The Morgan fingerprint density at radius 1 is 1.24 bits per heavy atom. The number of carbonyl (C=O) groups excluding carboxylic acids is 1. The summed E-state index contributed by atoms with van der Waals surface area (Å²) >= 11 is 0. The highest BCUT2D eigenvalue weighted by molar-refractivity contribution is 5.76. The van der Waals surface area contributed by atoms with Crippen LogP contribution in [-0.4, -0.2) is 46.3 Å². The molecule has 0 saturated carbocycles. The summed E-state index contributed by atoms with van der Waals surface area (Å²) in [6.45, 7) is 2.57. The maximum Gasteiger partial charge on any atom is 0.223 e. The van der Waals surface area contributed by atoms with Gasteiger partial charge < -0.3 is 19.5 Å². The van der Waals surface area contributed by atoms with Crippen LogP contribution in [0.1, 0.15) is 30.6 Å². The third kappa shape index (κ3) is 4.30. The molecule has 1 atom stereocenters. The molecule has 0 bridgehead atoms. The van der Waals surface area contributed by atoms with E-state index < -0.39 is 5.60 Å². The first-order valence-electron chi connectivity index (χ1n) is 8.76. The van der Waals surface area contributed by atoms with Crippen molar-refractivity contribution >= 4 is 5.91 Å². The van der Waals surface area contributed by atoms with Gasteiger partial charge in [-0.2, -0.15) is 0 Å². The number of piperidine rings is 1. The number of aliphatic hydroxyl groups is 2. The summed E-state index contributed by atoms with van der Waals surface area (Å²) in [7, 11) is 0. The quantitative estimate of drug-likeness (QED) is 0.875. The lowest BCUT2D eigenvalue weighted by Gasteiger charge is -2.38. The van der Waals surface area contributed by atoms with E-state index in [9.17, 15) is 15.0 Å². The zero-order valence-corrected chi connectivity index (χ0v) is 14.6. The Labute approximate surface area is 147 Å². The molecule has 0 radical (unpaired) electrons. The molecule has 2 heterocycles. The van der Waals surface area contributed by atoms with E-state index in [1.807, 2.05) is 43.3 Å². The normalized spacial score (nSPS) is 20.7. The number of aliphatic hydroxyl groups excluding tert-OH is 1. The third-order valence-electron chi connectivity index (χ3n) is 4.79. The van der Waals surface area contributed by atoms with Crippen LogP contribution in [0.5, 0.6) is 0 Å². The lowest BCUT2D eigenvalue weighted by Crippen LogP contribution is -2.52. The van der Waals surface area contributed by atoms with Gasteiger partial charge in [-0.15, -0.1) is 0 Å². The molecule has 5 heteroatoms. The molecule has 1 aromatic heterocycles. The van der Waals surface area contributed by atoms with Crippen LogP contribution in [0.15, 0.2) is 40.8 Å². The van der Waals surface area contributed by atoms with Crippen molar-refractivity contribution in [1.82, 2.24) is 4.90 Å². The van der Waals surface area contributed by atoms with Gasteiger partial charge in [0.1, 0.15) is 17.1 Å². The lowest BCUT2D eigenvalue weighted by atomic mass is 9.93. The summed E-state index contributed by atoms with van der Waals surface area (Å²) in [5, 5.41) is 19.5. The van der Waals surface area contributed by atoms with E-state index >= 15 is 0 Å². The molecular formula is C20H25NO4. The topological polar surface area (TPSA) is 73.9 Å². The fourth-order valence-corrected chi connectivity index (χ4v) is 3.23. The minimum atomic E-state index is -1.16. The number of amides is 1. The van der Waals surface area contributed by atoms with Crippen molar-refractivity contribution < 1.29 is 19.4 Å². The molecule has 0 aliphatic carbocycles. The first kappa shape index (κ1) is 17.7. The number of β-amino-alcohol motifs (C(OH)–C–C–N with tert-alkyl or cyclic N) is 1. The predicted octanol–water partition coefficient (Wildman–Crippen LogP) is 2.53. The molecule has 1 aromatic carbocycles. The fraction of sp³-hybridized carbons (Fsp3) is 0.450. The third-order valence-corrected chi connectivity index (χ3v) is 4.79. The summed E-state index contributed by atoms with van der Waals surface area (Å²) in [6.07, 6.45) is 2.10. The second-order valence-corrected chi connectivity index (χ2v) is 6.93. The summed E-state index contributed by atoms with van der Waals surface area (Å²) < 4.78 is 5.85. The van der Waals surface area contributed by atoms with Crippen molar-refractivity contribution in [3.8, 4) is 11.3 Å². The highest BCUT2D eigenvalue weighted by Crippen LogP contribution is 2.24. The van der Waals surface area contributed by atoms with Gasteiger partial charge in [0.2, 0.25) is 5.91 Å². The average molecular weight is 343 g/mol. The van der Waals surface area contributed by atoms with E-state index in [4.69, 9.17) is 4.42 Å². The molecule has 1 amide bonds. The molecule has 1 aliphatic rings. The molecule has 5 nitrogen and oxygen atoms in total. The Bertz CT molecular complexity index is 722. The second-order valence-electron chi connectivity index (χ2n) is 6.93. The summed E-state index contributed by atoms with van der Waals surface area (Å²) in [5.41, 5.74) is 1.06. The van der Waals surface area contributed by atoms with Crippen LogP contribution in [0.25, 0.3) is 11.3 Å². The van der Waals surface area contributed by atoms with E-state index in [1.54, 1.807) is 4.90 Å². The molecule has 25 heavy (non-hydrogen) atoms. The number of hydrogen-bond donors (Lipinski definition) is 2. The van der Waals surface area contributed by atoms with Gasteiger partial charge in [0, 0.05) is 24.9 Å². The van der Waals surface area contributed by atoms with E-state index in [0.29, 0.717) is 32.2 Å². The number of nitrogens with zero attached hydrogens (tertiary/aromatic N) is 1. The molecule has 2 N–H and O–H groups in total. The SMILES string of the molecule is Cc1ccc(-c2ccc(CCC(=O)N3CCC[C@@](O)(CO)C3)o2)cc1. The standard InChI is InChI=1S/C20H25NO4/c1-15-3-5-16(6-4-15)18-9-7-17(25-18)8-10-19(23)21-12-2-11-20(24,13-21)14-22/h3-7,9,22,24H,2,8,10-14H2,1H3/t20-/m0/s1. The van der Waals surface area contributed by atoms with Crippen LogP contribution in [0.2, 0.25) is 0 Å². The average Bonchev–Trinajstić information content (AvgIpc) is 3.09. The summed E-state index contributed by atoms with van der Waals surface area (Å²) in [5.74, 6) is 1.56. The smallest absolute Gasteiger partial charge is 0.223 e. The summed E-state index contributed by atoms with van der Waals surface area (Å²) in [6, 6.07) is 12.0. The van der Waals surface area contributed by atoms with Crippen LogP contribution in [0, 0.1) is 6.92 Å². The van der Waals surface area contributed by atoms with Gasteiger partial charge in [0.25, 0.3) is 0 Å². The number of hydrogen-bond acceptors (Lipinski definition) is 4. The van der Waals surface area contributed by atoms with Gasteiger partial charge in [-0.05, 0) is 31.9 Å². The van der Waals surface area contributed by atoms with Crippen molar-refractivity contribution in [2.45, 2.75) is 38.2 Å². The van der Waals surface area contributed by atoms with Gasteiger partial charge in [-0.3, -0.25) is 4.79 Å². The Hall–Kier alpha value is -2.11. The van der Waals surface area contributed by atoms with Crippen LogP contribution < -0.4 is 0 Å². The van der Waals surface area contributed by atoms with E-state index in [0.717, 1.165) is 17.1 Å². The summed E-state index contributed by atoms with van der Waals surface area (Å²) in [4.78, 5) is 14.0. The van der Waals surface area contributed by atoms with Crippen LogP contribution >= 0.6 is 0 Å². The zero-order chi connectivity index (χ0) is 17.9. The molecule has 1 saturated heterocycles. The first-order chi connectivity index (χ1) is 12.0. The number of carbonyl (C=O) groups is 1. The number of benzene rings is 1. The van der Waals surface area contributed by atoms with Crippen molar-refractivity contribution in [3.63, 3.8) is 0 Å². The van der Waals surface area contributed by atoms with Gasteiger partial charge in [-0.1, -0.05) is 29.8 Å². The first-order valence-corrected chi connectivity index (χ1v) is 8.76. The Morgan fingerprint density at radius 3 is 2.72 bits per heavy atom. The van der Waals surface area contributed by atoms with Crippen molar-refractivity contribution in [2.75, 3.05) is 19.7 Å². The van der Waals surface area contributed by atoms with Gasteiger partial charge >= 0.3 is 0 Å². The Morgan fingerprint density at radius 2 is 2.00 bits per heavy atom. The van der Waals surface area contributed by atoms with Crippen molar-refractivity contribution in [2.24, 2.45) is 0 Å². The minimum absolute atomic E-state index is 0.0140. The van der Waals surface area contributed by atoms with Crippen LogP contribution in [0.3, 0.4) is 0 Å². The van der Waals surface area contributed by atoms with Gasteiger partial charge in [0.05, 0.1) is 13.2 Å². The number of furan rings is 1. The molecule has 2 aromatic rings. The number of aryl methyl sites for hydroxylation is 2. The Kier molecular flexibility index (Phi) is 5.25. The highest BCUT2D eigenvalue weighted by Gasteiger charge is 2.34. The lowest BCUT2D eigenvalue weighted by molar-refractivity contribution is -0.140. The molecule has 0 spiro atoms. The molecule has 134 valence electrons. The molecule has 3 rings (SSSR count). The van der Waals surface area contributed by atoms with Gasteiger partial charge in [-0.25, -0.2) is 0 Å². The van der Waals surface area contributed by atoms with E-state index in [1.165, 1.54) is 5.56 Å². The highest BCUT2D eigenvalue weighted by atomic mass is 16.3. The Balaban J connectivity index is 1.57. The van der Waals surface area contributed by atoms with Crippen LogP contribution in [0.4, 0.5) is 0 Å². The predicted molar refractivity (Wildman–Crippen MR) is 95.1 cm³/mol. The number of rotatable bonds is 5. The zero-order valence-electron chi connectivity index (χ0n) is 14.6. The largest absolute Gasteiger partial charge is 0.461 e. The van der Waals surface area contributed by atoms with Crippen molar-refractivity contribution in [3.05, 3.63) is 47.7 Å². The molecule has 0 unspecified atom stereocenters. The maximum atomic E-state index is 12.4. The monoisotopic (exact) mass is 343 g/mol. The maximum absolute atomic E-state index is 12.4. The molecular weight excluding hydrogens is 318 g/mol. The second kappa shape index (κ2) is 7.42. The number of likely N-dealkylation sites (tertiary alicyclic amines) is 1. The van der Waals surface area contributed by atoms with Gasteiger partial charge in [0.15, 0.2) is 0 Å². The van der Waals surface area contributed by atoms with E-state index in [2.05, 4.69) is 0 Å². The van der Waals surface area contributed by atoms with Crippen LogP contribution in [-0.2, 0) is 11.2 Å². The minimum Gasteiger partial charge on any atom is -0.461 e. The van der Waals surface area contributed by atoms with Crippen molar-refractivity contribution in [1.29, 1.82) is 0 Å².